The third-order valence-electron chi connectivity index (χ3n) is 3.14. The average molecular weight is 270 g/mol. The molecule has 0 aliphatic heterocycles. The van der Waals surface area contributed by atoms with Gasteiger partial charge in [0.05, 0.1) is 13.2 Å². The summed E-state index contributed by atoms with van der Waals surface area (Å²) in [6, 6.07) is 0. The van der Waals surface area contributed by atoms with E-state index in [2.05, 4.69) is 15.3 Å². The topological polar surface area (TPSA) is 47.0 Å². The zero-order valence-corrected chi connectivity index (χ0v) is 11.4. The van der Waals surface area contributed by atoms with Crippen molar-refractivity contribution in [1.82, 2.24) is 9.97 Å². The minimum atomic E-state index is 0.545. The summed E-state index contributed by atoms with van der Waals surface area (Å²) in [7, 11) is 0. The van der Waals surface area contributed by atoms with Crippen molar-refractivity contribution in [3.8, 4) is 0 Å². The van der Waals surface area contributed by atoms with Crippen LogP contribution >= 0.6 is 11.6 Å². The highest BCUT2D eigenvalue weighted by atomic mass is 35.5. The van der Waals surface area contributed by atoms with E-state index in [1.165, 1.54) is 30.5 Å². The number of aromatic nitrogens is 2. The van der Waals surface area contributed by atoms with Crippen molar-refractivity contribution in [2.75, 3.05) is 31.0 Å². The van der Waals surface area contributed by atoms with Crippen LogP contribution in [0.2, 0.25) is 0 Å². The zero-order chi connectivity index (χ0) is 12.6. The van der Waals surface area contributed by atoms with E-state index >= 15 is 0 Å². The first-order valence-corrected chi connectivity index (χ1v) is 7.15. The van der Waals surface area contributed by atoms with Gasteiger partial charge in [-0.25, -0.2) is 9.97 Å². The Hall–Kier alpha value is -0.870. The Morgan fingerprint density at radius 3 is 2.94 bits per heavy atom. The van der Waals surface area contributed by atoms with Crippen molar-refractivity contribution in [2.24, 2.45) is 0 Å². The molecular formula is C13H20ClN3O. The van der Waals surface area contributed by atoms with Crippen LogP contribution in [0, 0.1) is 0 Å². The van der Waals surface area contributed by atoms with Crippen molar-refractivity contribution < 1.29 is 4.74 Å². The molecule has 1 heterocycles. The monoisotopic (exact) mass is 269 g/mol. The largest absolute Gasteiger partial charge is 0.378 e. The summed E-state index contributed by atoms with van der Waals surface area (Å²) in [6.45, 7) is 2.02. The van der Waals surface area contributed by atoms with Crippen molar-refractivity contribution in [3.05, 3.63) is 17.6 Å². The van der Waals surface area contributed by atoms with Gasteiger partial charge in [0.15, 0.2) is 0 Å². The molecule has 0 fully saturated rings. The van der Waals surface area contributed by atoms with Crippen LogP contribution in [0.5, 0.6) is 0 Å². The van der Waals surface area contributed by atoms with Crippen LogP contribution in [0.4, 0.5) is 5.82 Å². The van der Waals surface area contributed by atoms with Gasteiger partial charge in [0.25, 0.3) is 0 Å². The van der Waals surface area contributed by atoms with Crippen molar-refractivity contribution in [3.63, 3.8) is 0 Å². The second-order valence-corrected chi connectivity index (χ2v) is 4.81. The van der Waals surface area contributed by atoms with Crippen LogP contribution in [0.1, 0.15) is 30.5 Å². The molecular weight excluding hydrogens is 250 g/mol. The van der Waals surface area contributed by atoms with Crippen LogP contribution in [0.25, 0.3) is 0 Å². The molecule has 18 heavy (non-hydrogen) atoms. The fourth-order valence-corrected chi connectivity index (χ4v) is 2.36. The molecule has 0 unspecified atom stereocenters. The number of nitrogens with zero attached hydrogens (tertiary/aromatic N) is 2. The molecule has 0 saturated carbocycles. The van der Waals surface area contributed by atoms with E-state index in [-0.39, 0.29) is 0 Å². The van der Waals surface area contributed by atoms with Gasteiger partial charge in [0, 0.05) is 23.7 Å². The van der Waals surface area contributed by atoms with E-state index in [0.29, 0.717) is 19.1 Å². The molecule has 2 rings (SSSR count). The third-order valence-corrected chi connectivity index (χ3v) is 3.29. The first-order valence-electron chi connectivity index (χ1n) is 6.62. The van der Waals surface area contributed by atoms with Crippen LogP contribution < -0.4 is 5.32 Å². The molecule has 1 aromatic rings. The van der Waals surface area contributed by atoms with Crippen molar-refractivity contribution in [1.29, 1.82) is 0 Å². The lowest BCUT2D eigenvalue weighted by Crippen LogP contribution is -2.14. The lowest BCUT2D eigenvalue weighted by atomic mass is 10.1. The summed E-state index contributed by atoms with van der Waals surface area (Å²) in [5, 5.41) is 3.34. The molecule has 1 aliphatic rings. The molecule has 0 spiro atoms. The summed E-state index contributed by atoms with van der Waals surface area (Å²) in [5.74, 6) is 1.53. The first-order chi connectivity index (χ1) is 8.92. The molecule has 0 saturated heterocycles. The fraction of sp³-hybridized carbons (Fsp3) is 0.692. The van der Waals surface area contributed by atoms with E-state index in [1.54, 1.807) is 6.33 Å². The highest BCUT2D eigenvalue weighted by molar-refractivity contribution is 6.17. The Kier molecular flexibility index (Phi) is 5.68. The normalized spacial score (nSPS) is 14.9. The summed E-state index contributed by atoms with van der Waals surface area (Å²) in [5.41, 5.74) is 2.51. The summed E-state index contributed by atoms with van der Waals surface area (Å²) < 4.78 is 5.34. The van der Waals surface area contributed by atoms with Crippen LogP contribution in [-0.2, 0) is 17.6 Å². The van der Waals surface area contributed by atoms with E-state index in [4.69, 9.17) is 16.3 Å². The second-order valence-electron chi connectivity index (χ2n) is 4.44. The molecule has 1 aliphatic carbocycles. The number of hydrogen-bond acceptors (Lipinski definition) is 4. The van der Waals surface area contributed by atoms with Gasteiger partial charge in [-0.3, -0.25) is 0 Å². The molecule has 0 radical (unpaired) electrons. The Bertz CT molecular complexity index is 373. The minimum absolute atomic E-state index is 0.545. The fourth-order valence-electron chi connectivity index (χ4n) is 2.25. The SMILES string of the molecule is ClCCOCCNc1ncnc2c1CCCCC2. The van der Waals surface area contributed by atoms with Crippen molar-refractivity contribution >= 4 is 17.4 Å². The average Bonchev–Trinajstić information content (AvgIpc) is 2.64. The number of fused-ring (bicyclic) bond motifs is 1. The number of alkyl halides is 1. The predicted octanol–water partition coefficient (Wildman–Crippen LogP) is 2.41. The lowest BCUT2D eigenvalue weighted by Gasteiger charge is -2.12. The van der Waals surface area contributed by atoms with Gasteiger partial charge in [-0.2, -0.15) is 0 Å². The quantitative estimate of drug-likeness (QED) is 0.489. The molecule has 0 amide bonds. The Labute approximate surface area is 113 Å². The number of anilines is 1. The number of halogens is 1. The molecule has 100 valence electrons. The van der Waals surface area contributed by atoms with E-state index in [9.17, 15) is 0 Å². The maximum Gasteiger partial charge on any atom is 0.132 e. The number of ether oxygens (including phenoxy) is 1. The number of rotatable bonds is 6. The van der Waals surface area contributed by atoms with Gasteiger partial charge in [0.1, 0.15) is 12.1 Å². The van der Waals surface area contributed by atoms with Crippen molar-refractivity contribution in [2.45, 2.75) is 32.1 Å². The third kappa shape index (κ3) is 3.82. The summed E-state index contributed by atoms with van der Waals surface area (Å²) in [6.07, 6.45) is 7.58. The number of hydrogen-bond donors (Lipinski definition) is 1. The number of aryl methyl sites for hydroxylation is 1. The van der Waals surface area contributed by atoms with Gasteiger partial charge in [0.2, 0.25) is 0 Å². The van der Waals surface area contributed by atoms with Gasteiger partial charge >= 0.3 is 0 Å². The van der Waals surface area contributed by atoms with Gasteiger partial charge in [-0.1, -0.05) is 6.42 Å². The predicted molar refractivity (Wildman–Crippen MR) is 73.3 cm³/mol. The van der Waals surface area contributed by atoms with Gasteiger partial charge in [-0.05, 0) is 25.7 Å². The molecule has 0 bridgehead atoms. The highest BCUT2D eigenvalue weighted by Gasteiger charge is 2.13. The summed E-state index contributed by atoms with van der Waals surface area (Å²) >= 11 is 5.54. The molecule has 5 heteroatoms. The first kappa shape index (κ1) is 13.6. The Morgan fingerprint density at radius 1 is 1.17 bits per heavy atom. The maximum absolute atomic E-state index is 5.54. The van der Waals surface area contributed by atoms with E-state index < -0.39 is 0 Å². The van der Waals surface area contributed by atoms with Crippen LogP contribution in [0.15, 0.2) is 6.33 Å². The van der Waals surface area contributed by atoms with Gasteiger partial charge in [-0.15, -0.1) is 11.6 Å². The van der Waals surface area contributed by atoms with Crippen LogP contribution in [-0.4, -0.2) is 35.6 Å². The molecule has 1 N–H and O–H groups in total. The lowest BCUT2D eigenvalue weighted by molar-refractivity contribution is 0.160. The van der Waals surface area contributed by atoms with Gasteiger partial charge < -0.3 is 10.1 Å². The van der Waals surface area contributed by atoms with Crippen LogP contribution in [0.3, 0.4) is 0 Å². The Morgan fingerprint density at radius 2 is 2.06 bits per heavy atom. The minimum Gasteiger partial charge on any atom is -0.378 e. The smallest absolute Gasteiger partial charge is 0.132 e. The molecule has 0 aromatic carbocycles. The standard InChI is InChI=1S/C13H20ClN3O/c14-6-8-18-9-7-15-13-11-4-2-1-3-5-12(11)16-10-17-13/h10H,1-9H2,(H,15,16,17). The molecule has 1 aromatic heterocycles. The second kappa shape index (κ2) is 7.54. The Balaban J connectivity index is 1.91. The summed E-state index contributed by atoms with van der Waals surface area (Å²) in [4.78, 5) is 8.75. The van der Waals surface area contributed by atoms with E-state index in [0.717, 1.165) is 25.2 Å². The molecule has 0 atom stereocenters. The highest BCUT2D eigenvalue weighted by Crippen LogP contribution is 2.23. The molecule has 4 nitrogen and oxygen atoms in total. The maximum atomic E-state index is 5.54. The number of nitrogens with one attached hydrogen (secondary N) is 1. The van der Waals surface area contributed by atoms with E-state index in [1.807, 2.05) is 0 Å². The zero-order valence-electron chi connectivity index (χ0n) is 10.6.